The molecule has 6 nitrogen and oxygen atoms in total. The molecule has 1 saturated heterocycles. The molecular weight excluding hydrogens is 268 g/mol. The van der Waals surface area contributed by atoms with Gasteiger partial charge in [0.15, 0.2) is 0 Å². The van der Waals surface area contributed by atoms with Crippen molar-refractivity contribution in [3.05, 3.63) is 29.3 Å². The number of benzene rings is 1. The molecule has 1 fully saturated rings. The Bertz CT molecular complexity index is 575. The Hall–Kier alpha value is -2.73. The minimum absolute atomic E-state index is 0.314. The first kappa shape index (κ1) is 14.7. The number of nitrogens with zero attached hydrogens (tertiary/aromatic N) is 4. The molecule has 0 aromatic heterocycles. The lowest BCUT2D eigenvalue weighted by atomic mass is 10.1. The zero-order chi connectivity index (χ0) is 15.2. The van der Waals surface area contributed by atoms with E-state index in [2.05, 4.69) is 12.1 Å². The zero-order valence-corrected chi connectivity index (χ0v) is 11.9. The molecule has 0 atom stereocenters. The maximum Gasteiger partial charge on any atom is 0.409 e. The summed E-state index contributed by atoms with van der Waals surface area (Å²) in [5.74, 6) is 0. The molecule has 0 saturated carbocycles. The van der Waals surface area contributed by atoms with Crippen molar-refractivity contribution in [1.29, 1.82) is 10.5 Å². The lowest BCUT2D eigenvalue weighted by Gasteiger charge is -2.36. The molecule has 0 radical (unpaired) electrons. The SMILES string of the molecule is CCOC(=O)N1CCN(c2c(C#N)cccc2C#N)CC1. The first-order valence-corrected chi connectivity index (χ1v) is 6.81. The molecule has 1 aliphatic rings. The summed E-state index contributed by atoms with van der Waals surface area (Å²) >= 11 is 0. The highest BCUT2D eigenvalue weighted by Crippen LogP contribution is 2.26. The van der Waals surface area contributed by atoms with Gasteiger partial charge in [-0.3, -0.25) is 0 Å². The normalized spacial score (nSPS) is 14.2. The number of piperazine rings is 1. The van der Waals surface area contributed by atoms with Crippen LogP contribution in [0, 0.1) is 22.7 Å². The van der Waals surface area contributed by atoms with Crippen LogP contribution in [0.3, 0.4) is 0 Å². The van der Waals surface area contributed by atoms with E-state index in [-0.39, 0.29) is 6.09 Å². The van der Waals surface area contributed by atoms with Gasteiger partial charge in [0.25, 0.3) is 0 Å². The van der Waals surface area contributed by atoms with Gasteiger partial charge >= 0.3 is 6.09 Å². The van der Waals surface area contributed by atoms with Crippen LogP contribution in [0.1, 0.15) is 18.1 Å². The number of hydrogen-bond donors (Lipinski definition) is 0. The maximum absolute atomic E-state index is 11.7. The molecule has 1 amide bonds. The number of carbonyl (C=O) groups excluding carboxylic acids is 1. The van der Waals surface area contributed by atoms with Gasteiger partial charge in [-0.05, 0) is 19.1 Å². The summed E-state index contributed by atoms with van der Waals surface area (Å²) in [7, 11) is 0. The van der Waals surface area contributed by atoms with Gasteiger partial charge in [0.1, 0.15) is 12.1 Å². The van der Waals surface area contributed by atoms with Crippen LogP contribution in [0.25, 0.3) is 0 Å². The summed E-state index contributed by atoms with van der Waals surface area (Å²) in [6.45, 7) is 4.32. The third-order valence-corrected chi connectivity index (χ3v) is 3.40. The van der Waals surface area contributed by atoms with E-state index in [4.69, 9.17) is 4.74 Å². The third kappa shape index (κ3) is 3.06. The van der Waals surface area contributed by atoms with Gasteiger partial charge in [-0.1, -0.05) is 6.07 Å². The number of nitriles is 2. The molecule has 0 aliphatic carbocycles. The first-order valence-electron chi connectivity index (χ1n) is 6.81. The summed E-state index contributed by atoms with van der Waals surface area (Å²) in [5, 5.41) is 18.4. The van der Waals surface area contributed by atoms with Crippen molar-refractivity contribution in [3.63, 3.8) is 0 Å². The number of hydrogen-bond acceptors (Lipinski definition) is 5. The highest BCUT2D eigenvalue weighted by Gasteiger charge is 2.24. The largest absolute Gasteiger partial charge is 0.450 e. The van der Waals surface area contributed by atoms with Gasteiger partial charge in [-0.15, -0.1) is 0 Å². The summed E-state index contributed by atoms with van der Waals surface area (Å²) in [4.78, 5) is 15.3. The lowest BCUT2D eigenvalue weighted by Crippen LogP contribution is -2.49. The summed E-state index contributed by atoms with van der Waals surface area (Å²) in [5.41, 5.74) is 1.63. The van der Waals surface area contributed by atoms with Gasteiger partial charge in [0.05, 0.1) is 23.4 Å². The van der Waals surface area contributed by atoms with Crippen molar-refractivity contribution >= 4 is 11.8 Å². The van der Waals surface area contributed by atoms with Crippen LogP contribution < -0.4 is 4.90 Å². The van der Waals surface area contributed by atoms with Crippen molar-refractivity contribution in [2.24, 2.45) is 0 Å². The van der Waals surface area contributed by atoms with E-state index in [1.165, 1.54) is 0 Å². The second-order valence-electron chi connectivity index (χ2n) is 4.60. The summed E-state index contributed by atoms with van der Waals surface area (Å²) < 4.78 is 4.98. The summed E-state index contributed by atoms with van der Waals surface area (Å²) in [6, 6.07) is 9.36. The van der Waals surface area contributed by atoms with E-state index in [1.807, 2.05) is 4.90 Å². The number of anilines is 1. The van der Waals surface area contributed by atoms with Gasteiger partial charge in [0.2, 0.25) is 0 Å². The Morgan fingerprint density at radius 1 is 1.19 bits per heavy atom. The Labute approximate surface area is 123 Å². The van der Waals surface area contributed by atoms with Gasteiger partial charge in [-0.2, -0.15) is 10.5 Å². The number of ether oxygens (including phenoxy) is 1. The molecule has 6 heteroatoms. The smallest absolute Gasteiger partial charge is 0.409 e. The molecule has 0 unspecified atom stereocenters. The van der Waals surface area contributed by atoms with E-state index < -0.39 is 0 Å². The predicted molar refractivity (Wildman–Crippen MR) is 76.7 cm³/mol. The fourth-order valence-corrected chi connectivity index (χ4v) is 2.39. The Balaban J connectivity index is 2.15. The second kappa shape index (κ2) is 6.62. The minimum Gasteiger partial charge on any atom is -0.450 e. The molecule has 0 N–H and O–H groups in total. The fraction of sp³-hybridized carbons (Fsp3) is 0.400. The predicted octanol–water partition coefficient (Wildman–Crippen LogP) is 1.71. The lowest BCUT2D eigenvalue weighted by molar-refractivity contribution is 0.105. The van der Waals surface area contributed by atoms with E-state index >= 15 is 0 Å². The first-order chi connectivity index (χ1) is 10.2. The molecule has 1 aliphatic heterocycles. The van der Waals surface area contributed by atoms with Crippen LogP contribution in [0.2, 0.25) is 0 Å². The summed E-state index contributed by atoms with van der Waals surface area (Å²) in [6.07, 6.45) is -0.314. The van der Waals surface area contributed by atoms with E-state index in [9.17, 15) is 15.3 Å². The minimum atomic E-state index is -0.314. The van der Waals surface area contributed by atoms with Gasteiger partial charge in [-0.25, -0.2) is 4.79 Å². The van der Waals surface area contributed by atoms with Crippen LogP contribution in [0.5, 0.6) is 0 Å². The van der Waals surface area contributed by atoms with E-state index in [0.29, 0.717) is 49.6 Å². The highest BCUT2D eigenvalue weighted by atomic mass is 16.6. The molecule has 21 heavy (non-hydrogen) atoms. The van der Waals surface area contributed by atoms with Crippen molar-refractivity contribution in [2.45, 2.75) is 6.92 Å². The molecule has 1 aromatic rings. The Kier molecular flexibility index (Phi) is 4.63. The Morgan fingerprint density at radius 2 is 1.76 bits per heavy atom. The monoisotopic (exact) mass is 284 g/mol. The van der Waals surface area contributed by atoms with Crippen LogP contribution in [-0.2, 0) is 4.74 Å². The van der Waals surface area contributed by atoms with Gasteiger partial charge < -0.3 is 14.5 Å². The van der Waals surface area contributed by atoms with Crippen molar-refractivity contribution in [3.8, 4) is 12.1 Å². The molecule has 2 rings (SSSR count). The number of amides is 1. The molecule has 1 heterocycles. The van der Waals surface area contributed by atoms with E-state index in [1.54, 1.807) is 30.0 Å². The molecule has 0 bridgehead atoms. The third-order valence-electron chi connectivity index (χ3n) is 3.40. The standard InChI is InChI=1S/C15H16N4O2/c1-2-21-15(20)19-8-6-18(7-9-19)14-12(10-16)4-3-5-13(14)11-17/h3-5H,2,6-9H2,1H3. The molecule has 108 valence electrons. The van der Waals surface area contributed by atoms with Gasteiger partial charge in [0, 0.05) is 26.2 Å². The molecular formula is C15H16N4O2. The molecule has 1 aromatic carbocycles. The topological polar surface area (TPSA) is 80.4 Å². The maximum atomic E-state index is 11.7. The Morgan fingerprint density at radius 3 is 2.24 bits per heavy atom. The second-order valence-corrected chi connectivity index (χ2v) is 4.60. The number of rotatable bonds is 2. The number of carbonyl (C=O) groups is 1. The van der Waals surface area contributed by atoms with Crippen molar-refractivity contribution in [1.82, 2.24) is 4.90 Å². The number of para-hydroxylation sites is 1. The van der Waals surface area contributed by atoms with Crippen molar-refractivity contribution < 1.29 is 9.53 Å². The molecule has 0 spiro atoms. The van der Waals surface area contributed by atoms with Crippen LogP contribution in [0.4, 0.5) is 10.5 Å². The van der Waals surface area contributed by atoms with Crippen molar-refractivity contribution in [2.75, 3.05) is 37.7 Å². The van der Waals surface area contributed by atoms with Crippen LogP contribution in [-0.4, -0.2) is 43.8 Å². The quantitative estimate of drug-likeness (QED) is 0.825. The zero-order valence-electron chi connectivity index (χ0n) is 11.9. The highest BCUT2D eigenvalue weighted by molar-refractivity contribution is 5.70. The van der Waals surface area contributed by atoms with E-state index in [0.717, 1.165) is 0 Å². The van der Waals surface area contributed by atoms with Crippen LogP contribution >= 0.6 is 0 Å². The average molecular weight is 284 g/mol. The average Bonchev–Trinajstić information content (AvgIpc) is 2.54. The fourth-order valence-electron chi connectivity index (χ4n) is 2.39. The van der Waals surface area contributed by atoms with Crippen LogP contribution in [0.15, 0.2) is 18.2 Å².